The summed E-state index contributed by atoms with van der Waals surface area (Å²) in [5, 5.41) is 8.51. The van der Waals surface area contributed by atoms with E-state index in [0.717, 1.165) is 0 Å². The fourth-order valence-corrected chi connectivity index (χ4v) is 1.72. The Balaban J connectivity index is 2.72. The minimum absolute atomic E-state index is 0.0767. The van der Waals surface area contributed by atoms with E-state index in [-0.39, 0.29) is 12.2 Å². The molecule has 3 N–H and O–H groups in total. The lowest BCUT2D eigenvalue weighted by atomic mass is 10.1. The predicted octanol–water partition coefficient (Wildman–Crippen LogP) is 1.50. The molecule has 0 amide bonds. The van der Waals surface area contributed by atoms with Crippen molar-refractivity contribution in [3.63, 3.8) is 0 Å². The van der Waals surface area contributed by atoms with Crippen LogP contribution in [0.4, 0.5) is 0 Å². The second-order valence-corrected chi connectivity index (χ2v) is 5.87. The Labute approximate surface area is 88.6 Å². The third-order valence-corrected chi connectivity index (χ3v) is 2.25. The van der Waals surface area contributed by atoms with Gasteiger partial charge in [-0.2, -0.15) is 0 Å². The van der Waals surface area contributed by atoms with E-state index in [1.54, 1.807) is 12.1 Å². The maximum atomic E-state index is 10.4. The number of hydrogen-bond acceptors (Lipinski definition) is 2. The lowest BCUT2D eigenvalue weighted by molar-refractivity contribution is -0.136. The number of carboxylic acid groups (broad SMARTS) is 1. The van der Waals surface area contributed by atoms with Crippen molar-refractivity contribution in [3.05, 3.63) is 29.8 Å². The van der Waals surface area contributed by atoms with Crippen LogP contribution in [-0.4, -0.2) is 20.9 Å². The molecule has 0 spiro atoms. The maximum Gasteiger partial charge on any atom is 0.322 e. The minimum atomic E-state index is -3.49. The normalized spacial score (nSPS) is 11.1. The van der Waals surface area contributed by atoms with Crippen LogP contribution in [0.5, 0.6) is 5.75 Å². The van der Waals surface area contributed by atoms with Gasteiger partial charge in [-0.25, -0.2) is 0 Å². The zero-order valence-electron chi connectivity index (χ0n) is 7.62. The van der Waals surface area contributed by atoms with Gasteiger partial charge in [0.1, 0.15) is 5.75 Å². The summed E-state index contributed by atoms with van der Waals surface area (Å²) in [6, 6.07) is 6.04. The molecule has 0 saturated carbocycles. The average Bonchev–Trinajstić information content (AvgIpc) is 2.05. The SMILES string of the molecule is O=C(O)Cc1ccc(OP(O)(O)=P)cc1. The van der Waals surface area contributed by atoms with Crippen LogP contribution in [0.15, 0.2) is 24.3 Å². The van der Waals surface area contributed by atoms with Crippen LogP contribution in [0.2, 0.25) is 0 Å². The highest BCUT2D eigenvalue weighted by Crippen LogP contribution is 2.43. The monoisotopic (exact) mass is 248 g/mol. The summed E-state index contributed by atoms with van der Waals surface area (Å²) in [5.74, 6) is -0.660. The quantitative estimate of drug-likeness (QED) is 0.703. The molecule has 5 nitrogen and oxygen atoms in total. The molecule has 0 heterocycles. The average molecular weight is 248 g/mol. The van der Waals surface area contributed by atoms with Crippen LogP contribution in [-0.2, 0) is 11.2 Å². The Morgan fingerprint density at radius 2 is 1.87 bits per heavy atom. The van der Waals surface area contributed by atoms with Crippen LogP contribution in [0.3, 0.4) is 0 Å². The van der Waals surface area contributed by atoms with E-state index in [4.69, 9.17) is 19.4 Å². The second kappa shape index (κ2) is 4.77. The van der Waals surface area contributed by atoms with Crippen LogP contribution in [0.25, 0.3) is 0 Å². The number of hydrogen-bond donors (Lipinski definition) is 3. The van der Waals surface area contributed by atoms with Gasteiger partial charge in [0, 0.05) is 0 Å². The molecule has 0 aliphatic carbocycles. The van der Waals surface area contributed by atoms with Crippen molar-refractivity contribution in [1.29, 1.82) is 0 Å². The predicted molar refractivity (Wildman–Crippen MR) is 58.1 cm³/mol. The van der Waals surface area contributed by atoms with Crippen LogP contribution >= 0.6 is 15.8 Å². The van der Waals surface area contributed by atoms with Gasteiger partial charge in [0.05, 0.1) is 6.42 Å². The summed E-state index contributed by atoms with van der Waals surface area (Å²) >= 11 is 0. The number of carbonyl (C=O) groups is 1. The summed E-state index contributed by atoms with van der Waals surface area (Å²) in [7, 11) is -0.860. The Morgan fingerprint density at radius 1 is 1.33 bits per heavy atom. The highest BCUT2D eigenvalue weighted by atomic mass is 31.8. The fraction of sp³-hybridized carbons (Fsp3) is 0.125. The van der Waals surface area contributed by atoms with E-state index in [1.807, 2.05) is 0 Å². The molecule has 1 aromatic carbocycles. The van der Waals surface area contributed by atoms with Crippen molar-refractivity contribution in [3.8, 4) is 5.75 Å². The smallest absolute Gasteiger partial charge is 0.322 e. The van der Waals surface area contributed by atoms with E-state index >= 15 is 0 Å². The molecule has 0 fully saturated rings. The number of rotatable bonds is 4. The summed E-state index contributed by atoms with van der Waals surface area (Å²) in [6.07, 6.45) is -0.0767. The Hall–Kier alpha value is -0.860. The van der Waals surface area contributed by atoms with Crippen LogP contribution < -0.4 is 4.52 Å². The largest absolute Gasteiger partial charge is 0.481 e. The van der Waals surface area contributed by atoms with E-state index in [1.165, 1.54) is 12.1 Å². The highest BCUT2D eigenvalue weighted by molar-refractivity contribution is 7.88. The van der Waals surface area contributed by atoms with E-state index < -0.39 is 13.2 Å². The number of aliphatic carboxylic acids is 1. The zero-order chi connectivity index (χ0) is 11.5. The molecule has 0 aromatic heterocycles. The first kappa shape index (κ1) is 12.2. The number of carboxylic acids is 1. The van der Waals surface area contributed by atoms with Crippen molar-refractivity contribution < 1.29 is 24.2 Å². The van der Waals surface area contributed by atoms with Gasteiger partial charge >= 0.3 is 13.2 Å². The van der Waals surface area contributed by atoms with Crippen molar-refractivity contribution in [2.75, 3.05) is 0 Å². The lowest BCUT2D eigenvalue weighted by Crippen LogP contribution is -1.99. The Bertz CT molecular complexity index is 394. The van der Waals surface area contributed by atoms with Gasteiger partial charge in [-0.3, -0.25) is 4.79 Å². The molecule has 1 rings (SSSR count). The van der Waals surface area contributed by atoms with Crippen molar-refractivity contribution >= 4 is 21.7 Å². The third kappa shape index (κ3) is 4.96. The molecular weight excluding hydrogens is 238 g/mol. The van der Waals surface area contributed by atoms with E-state index in [9.17, 15) is 4.79 Å². The van der Waals surface area contributed by atoms with Crippen molar-refractivity contribution in [2.45, 2.75) is 6.42 Å². The maximum absolute atomic E-state index is 10.4. The van der Waals surface area contributed by atoms with Gasteiger partial charge in [-0.05, 0) is 26.2 Å². The van der Waals surface area contributed by atoms with Gasteiger partial charge < -0.3 is 19.4 Å². The van der Waals surface area contributed by atoms with Crippen molar-refractivity contribution in [2.24, 2.45) is 0 Å². The summed E-state index contributed by atoms with van der Waals surface area (Å²) in [6.45, 7) is 0. The first-order valence-corrected chi connectivity index (χ1v) is 6.92. The first-order chi connectivity index (χ1) is 6.87. The molecule has 7 heteroatoms. The van der Waals surface area contributed by atoms with Crippen LogP contribution in [0, 0.1) is 0 Å². The Morgan fingerprint density at radius 3 is 2.27 bits per heavy atom. The Kier molecular flexibility index (Phi) is 3.89. The zero-order valence-corrected chi connectivity index (χ0v) is 9.52. The van der Waals surface area contributed by atoms with Gasteiger partial charge in [-0.1, -0.05) is 12.1 Å². The molecule has 0 aliphatic rings. The van der Waals surface area contributed by atoms with E-state index in [2.05, 4.69) is 8.53 Å². The van der Waals surface area contributed by atoms with Gasteiger partial charge in [0.15, 0.2) is 0 Å². The lowest BCUT2D eigenvalue weighted by Gasteiger charge is -2.11. The molecule has 15 heavy (non-hydrogen) atoms. The summed E-state index contributed by atoms with van der Waals surface area (Å²) < 4.78 is 4.75. The molecule has 0 radical (unpaired) electrons. The molecular formula is C8H10O5P2. The number of benzene rings is 1. The molecule has 1 aromatic rings. The topological polar surface area (TPSA) is 87.0 Å². The van der Waals surface area contributed by atoms with Crippen LogP contribution in [0.1, 0.15) is 5.56 Å². The molecule has 82 valence electrons. The second-order valence-electron chi connectivity index (χ2n) is 2.85. The molecule has 0 aliphatic heterocycles. The highest BCUT2D eigenvalue weighted by Gasteiger charge is 2.07. The van der Waals surface area contributed by atoms with Crippen molar-refractivity contribution in [1.82, 2.24) is 0 Å². The standard InChI is InChI=1S/C8H10O5P2/c9-8(10)5-6-1-3-7(4-2-6)13-15(11,12)14/h1-4,11-12,14H,5H2,(H,9,10). The molecule has 0 unspecified atom stereocenters. The molecule has 0 saturated heterocycles. The van der Waals surface area contributed by atoms with Gasteiger partial charge in [-0.15, -0.1) is 0 Å². The van der Waals surface area contributed by atoms with Gasteiger partial charge in [0.2, 0.25) is 0 Å². The molecule has 0 bridgehead atoms. The molecule has 0 atom stereocenters. The summed E-state index contributed by atoms with van der Waals surface area (Å²) in [4.78, 5) is 28.3. The third-order valence-electron chi connectivity index (χ3n) is 1.51. The first-order valence-electron chi connectivity index (χ1n) is 3.97. The summed E-state index contributed by atoms with van der Waals surface area (Å²) in [5.41, 5.74) is 0.614. The minimum Gasteiger partial charge on any atom is -0.481 e. The van der Waals surface area contributed by atoms with Gasteiger partial charge in [0.25, 0.3) is 0 Å². The fourth-order valence-electron chi connectivity index (χ4n) is 0.990. The van der Waals surface area contributed by atoms with E-state index in [0.29, 0.717) is 5.56 Å².